The average molecular weight is 271 g/mol. The summed E-state index contributed by atoms with van der Waals surface area (Å²) in [5.74, 6) is 1.83. The van der Waals surface area contributed by atoms with Crippen LogP contribution in [-0.4, -0.2) is 18.8 Å². The first-order chi connectivity index (χ1) is 9.83. The maximum atomic E-state index is 5.89. The van der Waals surface area contributed by atoms with Crippen molar-refractivity contribution >= 4 is 11.0 Å². The molecule has 106 valence electrons. The lowest BCUT2D eigenvalue weighted by molar-refractivity contribution is 0.0809. The van der Waals surface area contributed by atoms with Gasteiger partial charge in [0.1, 0.15) is 11.3 Å². The van der Waals surface area contributed by atoms with Gasteiger partial charge in [-0.15, -0.1) is 0 Å². The first-order valence-corrected chi connectivity index (χ1v) is 7.65. The van der Waals surface area contributed by atoms with Gasteiger partial charge in [-0.3, -0.25) is 0 Å². The summed E-state index contributed by atoms with van der Waals surface area (Å²) in [4.78, 5) is 0. The molecule has 3 nitrogen and oxygen atoms in total. The smallest absolute Gasteiger partial charge is 0.134 e. The molecule has 1 N–H and O–H groups in total. The Labute approximate surface area is 119 Å². The van der Waals surface area contributed by atoms with Crippen LogP contribution in [0.15, 0.2) is 28.7 Å². The third kappa shape index (κ3) is 2.15. The molecule has 0 spiro atoms. The molecular weight excluding hydrogens is 250 g/mol. The third-order valence-electron chi connectivity index (χ3n) is 4.66. The normalized spacial score (nSPS) is 26.4. The number of para-hydroxylation sites is 1. The van der Waals surface area contributed by atoms with Crippen LogP contribution in [0.1, 0.15) is 30.6 Å². The van der Waals surface area contributed by atoms with Crippen LogP contribution in [0, 0.1) is 12.8 Å². The van der Waals surface area contributed by atoms with Crippen molar-refractivity contribution in [3.63, 3.8) is 0 Å². The highest BCUT2D eigenvalue weighted by atomic mass is 16.5. The van der Waals surface area contributed by atoms with Gasteiger partial charge in [0.15, 0.2) is 0 Å². The topological polar surface area (TPSA) is 34.4 Å². The van der Waals surface area contributed by atoms with Gasteiger partial charge in [-0.2, -0.15) is 0 Å². The molecule has 2 heterocycles. The lowest BCUT2D eigenvalue weighted by Gasteiger charge is -2.19. The zero-order valence-corrected chi connectivity index (χ0v) is 11.9. The molecule has 2 aromatic rings. The molecule has 2 aliphatic rings. The summed E-state index contributed by atoms with van der Waals surface area (Å²) in [6, 6.07) is 8.79. The summed E-state index contributed by atoms with van der Waals surface area (Å²) in [5, 5.41) is 4.94. The van der Waals surface area contributed by atoms with Crippen LogP contribution < -0.4 is 5.32 Å². The Morgan fingerprint density at radius 1 is 1.20 bits per heavy atom. The number of aryl methyl sites for hydroxylation is 1. The van der Waals surface area contributed by atoms with Crippen molar-refractivity contribution in [3.8, 4) is 0 Å². The Morgan fingerprint density at radius 3 is 2.90 bits per heavy atom. The standard InChI is InChI=1S/C17H21NO2/c1-11-14(13-4-2-3-5-16(13)20-11)10-18-15-8-9-19-17(15)12-6-7-12/h2-5,12,15,17-18H,6-10H2,1H3. The van der Waals surface area contributed by atoms with Crippen molar-refractivity contribution in [2.24, 2.45) is 5.92 Å². The number of nitrogens with one attached hydrogen (secondary N) is 1. The highest BCUT2D eigenvalue weighted by Crippen LogP contribution is 2.39. The van der Waals surface area contributed by atoms with Crippen LogP contribution in [0.5, 0.6) is 0 Å². The van der Waals surface area contributed by atoms with Crippen LogP contribution >= 0.6 is 0 Å². The minimum Gasteiger partial charge on any atom is -0.461 e. The Balaban J connectivity index is 1.51. The van der Waals surface area contributed by atoms with E-state index in [1.807, 2.05) is 12.1 Å². The van der Waals surface area contributed by atoms with Crippen molar-refractivity contribution < 1.29 is 9.15 Å². The Kier molecular flexibility index (Phi) is 3.04. The Morgan fingerprint density at radius 2 is 2.05 bits per heavy atom. The summed E-state index contributed by atoms with van der Waals surface area (Å²) < 4.78 is 11.7. The van der Waals surface area contributed by atoms with Gasteiger partial charge in [-0.1, -0.05) is 18.2 Å². The molecule has 1 aliphatic heterocycles. The number of furan rings is 1. The van der Waals surface area contributed by atoms with Crippen LogP contribution in [0.4, 0.5) is 0 Å². The molecule has 0 amide bonds. The average Bonchev–Trinajstić information content (AvgIpc) is 3.10. The van der Waals surface area contributed by atoms with Gasteiger partial charge >= 0.3 is 0 Å². The van der Waals surface area contributed by atoms with Gasteiger partial charge in [-0.05, 0) is 38.2 Å². The molecule has 2 unspecified atom stereocenters. The second-order valence-electron chi connectivity index (χ2n) is 6.08. The molecule has 2 atom stereocenters. The van der Waals surface area contributed by atoms with Crippen LogP contribution in [0.2, 0.25) is 0 Å². The third-order valence-corrected chi connectivity index (χ3v) is 4.66. The van der Waals surface area contributed by atoms with Gasteiger partial charge in [-0.25, -0.2) is 0 Å². The maximum Gasteiger partial charge on any atom is 0.134 e. The van der Waals surface area contributed by atoms with E-state index >= 15 is 0 Å². The number of benzene rings is 1. The molecule has 1 saturated carbocycles. The SMILES string of the molecule is Cc1oc2ccccc2c1CNC1CCOC1C1CC1. The van der Waals surface area contributed by atoms with Crippen molar-refractivity contribution in [1.82, 2.24) is 5.32 Å². The molecule has 3 heteroatoms. The molecule has 1 aliphatic carbocycles. The summed E-state index contributed by atoms with van der Waals surface area (Å²) in [7, 11) is 0. The lowest BCUT2D eigenvalue weighted by atomic mass is 10.1. The molecular formula is C17H21NO2. The van der Waals surface area contributed by atoms with E-state index in [2.05, 4.69) is 24.4 Å². The fraction of sp³-hybridized carbons (Fsp3) is 0.529. The first-order valence-electron chi connectivity index (χ1n) is 7.65. The Bertz CT molecular complexity index is 614. The molecule has 1 aromatic heterocycles. The molecule has 1 aromatic carbocycles. The van der Waals surface area contributed by atoms with Crippen molar-refractivity contribution in [3.05, 3.63) is 35.6 Å². The van der Waals surface area contributed by atoms with E-state index in [4.69, 9.17) is 9.15 Å². The van der Waals surface area contributed by atoms with Gasteiger partial charge < -0.3 is 14.5 Å². The van der Waals surface area contributed by atoms with E-state index in [0.29, 0.717) is 12.1 Å². The Hall–Kier alpha value is -1.32. The van der Waals surface area contributed by atoms with Crippen LogP contribution in [0.25, 0.3) is 11.0 Å². The monoisotopic (exact) mass is 271 g/mol. The van der Waals surface area contributed by atoms with E-state index in [-0.39, 0.29) is 0 Å². The summed E-state index contributed by atoms with van der Waals surface area (Å²) in [6.07, 6.45) is 4.26. The number of fused-ring (bicyclic) bond motifs is 1. The lowest BCUT2D eigenvalue weighted by Crippen LogP contribution is -2.37. The largest absolute Gasteiger partial charge is 0.461 e. The second-order valence-corrected chi connectivity index (χ2v) is 6.08. The predicted molar refractivity (Wildman–Crippen MR) is 78.7 cm³/mol. The van der Waals surface area contributed by atoms with Gasteiger partial charge in [0.05, 0.1) is 6.10 Å². The number of hydrogen-bond donors (Lipinski definition) is 1. The fourth-order valence-corrected chi connectivity index (χ4v) is 3.39. The molecule has 0 bridgehead atoms. The zero-order valence-electron chi connectivity index (χ0n) is 11.9. The van der Waals surface area contributed by atoms with Crippen molar-refractivity contribution in [2.75, 3.05) is 6.61 Å². The van der Waals surface area contributed by atoms with Crippen molar-refractivity contribution in [2.45, 2.75) is 44.9 Å². The first kappa shape index (κ1) is 12.4. The molecule has 0 radical (unpaired) electrons. The van der Waals surface area contributed by atoms with E-state index < -0.39 is 0 Å². The predicted octanol–water partition coefficient (Wildman–Crippen LogP) is 3.40. The number of rotatable bonds is 4. The quantitative estimate of drug-likeness (QED) is 0.925. The highest BCUT2D eigenvalue weighted by Gasteiger charge is 2.40. The highest BCUT2D eigenvalue weighted by molar-refractivity contribution is 5.82. The van der Waals surface area contributed by atoms with E-state index in [0.717, 1.165) is 36.8 Å². The van der Waals surface area contributed by atoms with Gasteiger partial charge in [0, 0.05) is 30.1 Å². The second kappa shape index (κ2) is 4.90. The summed E-state index contributed by atoms with van der Waals surface area (Å²) in [6.45, 7) is 3.84. The van der Waals surface area contributed by atoms with Gasteiger partial charge in [0.2, 0.25) is 0 Å². The van der Waals surface area contributed by atoms with Gasteiger partial charge in [0.25, 0.3) is 0 Å². The van der Waals surface area contributed by atoms with E-state index in [1.54, 1.807) is 0 Å². The number of ether oxygens (including phenoxy) is 1. The van der Waals surface area contributed by atoms with Crippen LogP contribution in [-0.2, 0) is 11.3 Å². The summed E-state index contributed by atoms with van der Waals surface area (Å²) in [5.41, 5.74) is 2.28. The van der Waals surface area contributed by atoms with Crippen molar-refractivity contribution in [1.29, 1.82) is 0 Å². The molecule has 20 heavy (non-hydrogen) atoms. The van der Waals surface area contributed by atoms with E-state index in [9.17, 15) is 0 Å². The maximum absolute atomic E-state index is 5.89. The van der Waals surface area contributed by atoms with E-state index in [1.165, 1.54) is 23.8 Å². The number of hydrogen-bond acceptors (Lipinski definition) is 3. The minimum absolute atomic E-state index is 0.438. The molecule has 4 rings (SSSR count). The minimum atomic E-state index is 0.438. The zero-order chi connectivity index (χ0) is 13.5. The van der Waals surface area contributed by atoms with Crippen LogP contribution in [0.3, 0.4) is 0 Å². The summed E-state index contributed by atoms with van der Waals surface area (Å²) >= 11 is 0. The molecule has 2 fully saturated rings. The fourth-order valence-electron chi connectivity index (χ4n) is 3.39. The molecule has 1 saturated heterocycles.